The Labute approximate surface area is 152 Å². The van der Waals surface area contributed by atoms with Gasteiger partial charge in [0.1, 0.15) is 0 Å². The third kappa shape index (κ3) is 4.78. The van der Waals surface area contributed by atoms with Crippen molar-refractivity contribution in [1.29, 1.82) is 0 Å². The van der Waals surface area contributed by atoms with Gasteiger partial charge in [-0.2, -0.15) is 0 Å². The highest BCUT2D eigenvalue weighted by molar-refractivity contribution is 5.96. The summed E-state index contributed by atoms with van der Waals surface area (Å²) in [5.74, 6) is -2.91. The van der Waals surface area contributed by atoms with Gasteiger partial charge in [0.2, 0.25) is 0 Å². The number of hydrogen-bond donors (Lipinski definition) is 0. The van der Waals surface area contributed by atoms with Gasteiger partial charge >= 0.3 is 11.9 Å². The van der Waals surface area contributed by atoms with Crippen molar-refractivity contribution < 1.29 is 24.0 Å². The predicted molar refractivity (Wildman–Crippen MR) is 93.7 cm³/mol. The van der Waals surface area contributed by atoms with Crippen LogP contribution in [0.2, 0.25) is 0 Å². The van der Waals surface area contributed by atoms with Crippen molar-refractivity contribution in [3.63, 3.8) is 0 Å². The van der Waals surface area contributed by atoms with Crippen LogP contribution < -0.4 is 0 Å². The maximum Gasteiger partial charge on any atom is 0.320 e. The lowest BCUT2D eigenvalue weighted by molar-refractivity contribution is -0.384. The highest BCUT2D eigenvalue weighted by Gasteiger charge is 2.38. The van der Waals surface area contributed by atoms with Gasteiger partial charge in [-0.1, -0.05) is 12.1 Å². The molecular weight excluding hydrogens is 340 g/mol. The van der Waals surface area contributed by atoms with Gasteiger partial charge in [-0.25, -0.2) is 0 Å². The highest BCUT2D eigenvalue weighted by Crippen LogP contribution is 2.32. The lowest BCUT2D eigenvalue weighted by Crippen LogP contribution is -2.34. The molecule has 0 aliphatic carbocycles. The normalized spacial score (nSPS) is 15.7. The molecule has 0 saturated carbocycles. The van der Waals surface area contributed by atoms with E-state index in [0.717, 1.165) is 32.5 Å². The summed E-state index contributed by atoms with van der Waals surface area (Å²) in [5, 5.41) is 10.9. The summed E-state index contributed by atoms with van der Waals surface area (Å²) in [6, 6.07) is 5.94. The van der Waals surface area contributed by atoms with Gasteiger partial charge in [-0.05, 0) is 44.5 Å². The molecule has 0 aromatic heterocycles. The van der Waals surface area contributed by atoms with E-state index in [1.807, 2.05) is 0 Å². The summed E-state index contributed by atoms with van der Waals surface area (Å²) in [5.41, 5.74) is 0.635. The highest BCUT2D eigenvalue weighted by atomic mass is 16.6. The molecule has 2 rings (SSSR count). The number of likely N-dealkylation sites (tertiary alicyclic amines) is 1. The van der Waals surface area contributed by atoms with Gasteiger partial charge in [-0.15, -0.1) is 0 Å². The fourth-order valence-electron chi connectivity index (χ4n) is 3.38. The molecule has 1 aromatic rings. The third-order valence-electron chi connectivity index (χ3n) is 4.80. The Morgan fingerprint density at radius 3 is 2.12 bits per heavy atom. The lowest BCUT2D eigenvalue weighted by atomic mass is 9.83. The fraction of sp³-hybridized carbons (Fsp3) is 0.556. The van der Waals surface area contributed by atoms with E-state index in [-0.39, 0.29) is 5.69 Å². The quantitative estimate of drug-likeness (QED) is 0.301. The monoisotopic (exact) mass is 364 g/mol. The van der Waals surface area contributed by atoms with E-state index in [2.05, 4.69) is 4.90 Å². The standard InChI is InChI=1S/C18H24N2O6/c1-25-17(21)16(18(22)26-2)15(9-12-19-10-3-4-11-19)13-5-7-14(8-6-13)20(23)24/h5-8,15-16H,3-4,9-12H2,1-2H3. The summed E-state index contributed by atoms with van der Waals surface area (Å²) < 4.78 is 9.62. The second kappa shape index (κ2) is 9.28. The number of non-ortho nitro benzene ring substituents is 1. The minimum Gasteiger partial charge on any atom is -0.468 e. The molecule has 1 saturated heterocycles. The van der Waals surface area contributed by atoms with Gasteiger partial charge in [0.25, 0.3) is 5.69 Å². The van der Waals surface area contributed by atoms with Crippen molar-refractivity contribution in [3.8, 4) is 0 Å². The van der Waals surface area contributed by atoms with Gasteiger partial charge in [0.05, 0.1) is 19.1 Å². The van der Waals surface area contributed by atoms with E-state index in [1.54, 1.807) is 12.1 Å². The van der Waals surface area contributed by atoms with E-state index >= 15 is 0 Å². The van der Waals surface area contributed by atoms with Crippen LogP contribution in [-0.2, 0) is 19.1 Å². The van der Waals surface area contributed by atoms with Crippen molar-refractivity contribution in [3.05, 3.63) is 39.9 Å². The van der Waals surface area contributed by atoms with E-state index in [0.29, 0.717) is 12.0 Å². The van der Waals surface area contributed by atoms with Crippen LogP contribution in [0.5, 0.6) is 0 Å². The molecule has 142 valence electrons. The van der Waals surface area contributed by atoms with Crippen LogP contribution in [0, 0.1) is 16.0 Å². The molecule has 1 aromatic carbocycles. The van der Waals surface area contributed by atoms with E-state index < -0.39 is 28.7 Å². The Morgan fingerprint density at radius 1 is 1.12 bits per heavy atom. The van der Waals surface area contributed by atoms with Gasteiger partial charge in [0, 0.05) is 18.1 Å². The maximum atomic E-state index is 12.3. The molecule has 0 bridgehead atoms. The minimum atomic E-state index is -1.10. The van der Waals surface area contributed by atoms with Gasteiger partial charge in [-0.3, -0.25) is 19.7 Å². The lowest BCUT2D eigenvalue weighted by Gasteiger charge is -2.26. The second-order valence-corrected chi connectivity index (χ2v) is 6.32. The number of carbonyl (C=O) groups is 2. The molecule has 0 spiro atoms. The number of carbonyl (C=O) groups excluding carboxylic acids is 2. The molecule has 8 nitrogen and oxygen atoms in total. The predicted octanol–water partition coefficient (Wildman–Crippen LogP) is 2.13. The van der Waals surface area contributed by atoms with Crippen molar-refractivity contribution >= 4 is 17.6 Å². The molecule has 1 aliphatic rings. The summed E-state index contributed by atoms with van der Waals surface area (Å²) in [6.45, 7) is 2.72. The molecule has 1 aliphatic heterocycles. The Bertz CT molecular complexity index is 624. The number of nitro benzene ring substituents is 1. The number of hydrogen-bond acceptors (Lipinski definition) is 7. The summed E-state index contributed by atoms with van der Waals surface area (Å²) >= 11 is 0. The van der Waals surface area contributed by atoms with E-state index in [4.69, 9.17) is 9.47 Å². The zero-order valence-electron chi connectivity index (χ0n) is 15.1. The molecule has 1 heterocycles. The molecule has 26 heavy (non-hydrogen) atoms. The smallest absolute Gasteiger partial charge is 0.320 e. The van der Waals surface area contributed by atoms with Crippen molar-refractivity contribution in [1.82, 2.24) is 4.90 Å². The number of ether oxygens (including phenoxy) is 2. The first-order valence-corrected chi connectivity index (χ1v) is 8.60. The average molecular weight is 364 g/mol. The average Bonchev–Trinajstić information content (AvgIpc) is 3.17. The van der Waals surface area contributed by atoms with Crippen LogP contribution in [0.15, 0.2) is 24.3 Å². The Morgan fingerprint density at radius 2 is 1.65 bits per heavy atom. The molecular formula is C18H24N2O6. The van der Waals surface area contributed by atoms with Crippen LogP contribution in [0.25, 0.3) is 0 Å². The number of methoxy groups -OCH3 is 2. The zero-order chi connectivity index (χ0) is 19.1. The molecule has 0 radical (unpaired) electrons. The zero-order valence-corrected chi connectivity index (χ0v) is 15.1. The molecule has 8 heteroatoms. The topological polar surface area (TPSA) is 99.0 Å². The van der Waals surface area contributed by atoms with Crippen LogP contribution in [0.3, 0.4) is 0 Å². The van der Waals surface area contributed by atoms with Crippen molar-refractivity contribution in [2.45, 2.75) is 25.2 Å². The number of nitro groups is 1. The number of benzene rings is 1. The molecule has 1 unspecified atom stereocenters. The van der Waals surface area contributed by atoms with Crippen LogP contribution in [0.4, 0.5) is 5.69 Å². The Balaban J connectivity index is 2.30. The third-order valence-corrected chi connectivity index (χ3v) is 4.80. The number of esters is 2. The Kier molecular flexibility index (Phi) is 7.08. The summed E-state index contributed by atoms with van der Waals surface area (Å²) in [4.78, 5) is 37.2. The molecule has 0 amide bonds. The first-order valence-electron chi connectivity index (χ1n) is 8.60. The first-order chi connectivity index (χ1) is 12.5. The van der Waals surface area contributed by atoms with Gasteiger partial charge < -0.3 is 14.4 Å². The number of nitrogens with zero attached hydrogens (tertiary/aromatic N) is 2. The summed E-state index contributed by atoms with van der Waals surface area (Å²) in [6.07, 6.45) is 2.83. The molecule has 0 N–H and O–H groups in total. The number of rotatable bonds is 8. The Hall–Kier alpha value is -2.48. The van der Waals surface area contributed by atoms with E-state index in [1.165, 1.54) is 26.4 Å². The fourth-order valence-corrected chi connectivity index (χ4v) is 3.38. The van der Waals surface area contributed by atoms with Crippen molar-refractivity contribution in [2.24, 2.45) is 5.92 Å². The minimum absolute atomic E-state index is 0.0419. The first kappa shape index (κ1) is 19.8. The van der Waals surface area contributed by atoms with Crippen LogP contribution >= 0.6 is 0 Å². The maximum absolute atomic E-state index is 12.3. The van der Waals surface area contributed by atoms with Gasteiger partial charge in [0.15, 0.2) is 5.92 Å². The van der Waals surface area contributed by atoms with Crippen LogP contribution in [-0.4, -0.2) is 55.6 Å². The molecule has 1 fully saturated rings. The SMILES string of the molecule is COC(=O)C(C(=O)OC)C(CCN1CCCC1)c1ccc([N+](=O)[O-])cc1. The van der Waals surface area contributed by atoms with E-state index in [9.17, 15) is 19.7 Å². The summed E-state index contributed by atoms with van der Waals surface area (Å²) in [7, 11) is 2.46. The second-order valence-electron chi connectivity index (χ2n) is 6.32. The largest absolute Gasteiger partial charge is 0.468 e. The van der Waals surface area contributed by atoms with Crippen molar-refractivity contribution in [2.75, 3.05) is 33.9 Å². The molecule has 1 atom stereocenters. The van der Waals surface area contributed by atoms with Crippen LogP contribution in [0.1, 0.15) is 30.7 Å².